The van der Waals surface area contributed by atoms with Crippen LogP contribution in [-0.4, -0.2) is 83.0 Å². The lowest BCUT2D eigenvalue weighted by Crippen LogP contribution is -2.58. The van der Waals surface area contributed by atoms with Crippen LogP contribution >= 0.6 is 34.5 Å². The number of amides is 4. The average molecular weight is 604 g/mol. The number of nitrogens with zero attached hydrogens (tertiary/aromatic N) is 3. The highest BCUT2D eigenvalue weighted by Gasteiger charge is 2.39. The summed E-state index contributed by atoms with van der Waals surface area (Å²) in [7, 11) is 1.74. The van der Waals surface area contributed by atoms with Crippen molar-refractivity contribution in [1.29, 1.82) is 0 Å². The summed E-state index contributed by atoms with van der Waals surface area (Å²) in [5.74, 6) is -0.963. The number of halogens is 2. The van der Waals surface area contributed by atoms with Crippen LogP contribution in [0.5, 0.6) is 0 Å². The number of likely N-dealkylation sites (tertiary alicyclic amines) is 1. The van der Waals surface area contributed by atoms with E-state index in [4.69, 9.17) is 23.2 Å². The smallest absolute Gasteiger partial charge is 0.256 e. The lowest BCUT2D eigenvalue weighted by atomic mass is 9.84. The van der Waals surface area contributed by atoms with E-state index in [2.05, 4.69) is 5.32 Å². The summed E-state index contributed by atoms with van der Waals surface area (Å²) in [5.41, 5.74) is -0.179. The topological polar surface area (TPSA) is 110 Å². The number of hydroxylamine groups is 2. The first-order valence-corrected chi connectivity index (χ1v) is 15.1. The molecule has 1 aliphatic carbocycles. The largest absolute Gasteiger partial charge is 0.344 e. The Labute approximate surface area is 244 Å². The first-order valence-electron chi connectivity index (χ1n) is 13.5. The zero-order chi connectivity index (χ0) is 28.9. The number of hydrogen-bond acceptors (Lipinski definition) is 6. The number of carbonyl (C=O) groups is 4. The molecule has 4 amide bonds. The van der Waals surface area contributed by atoms with Crippen molar-refractivity contribution in [1.82, 2.24) is 20.2 Å². The molecule has 2 atom stereocenters. The van der Waals surface area contributed by atoms with Crippen LogP contribution in [0, 0.1) is 17.3 Å². The molecule has 1 aromatic heterocycles. The third kappa shape index (κ3) is 8.31. The van der Waals surface area contributed by atoms with Gasteiger partial charge in [-0.2, -0.15) is 0 Å². The number of likely N-dealkylation sites (N-methyl/N-ethyl adjacent to an activating group) is 1. The Kier molecular flexibility index (Phi) is 11.1. The van der Waals surface area contributed by atoms with Crippen molar-refractivity contribution in [3.05, 3.63) is 20.3 Å². The number of piperidine rings is 1. The summed E-state index contributed by atoms with van der Waals surface area (Å²) >= 11 is 13.3. The summed E-state index contributed by atoms with van der Waals surface area (Å²) in [6.45, 7) is 6.53. The summed E-state index contributed by atoms with van der Waals surface area (Å²) < 4.78 is 0.828. The SMILES string of the molecule is CN(C(=O)[C@@H](NC(=O)C(CC1CCCC1)CN(O)C=O)C(C)(C)C)C1CCN(C(=O)c2cc(Cl)sc2Cl)CC1. The number of hydrogen-bond donors (Lipinski definition) is 2. The van der Waals surface area contributed by atoms with Gasteiger partial charge in [0.2, 0.25) is 18.2 Å². The van der Waals surface area contributed by atoms with Gasteiger partial charge in [-0.1, -0.05) is 69.7 Å². The van der Waals surface area contributed by atoms with Crippen LogP contribution in [0.3, 0.4) is 0 Å². The van der Waals surface area contributed by atoms with Crippen molar-refractivity contribution in [2.75, 3.05) is 26.7 Å². The van der Waals surface area contributed by atoms with E-state index in [1.54, 1.807) is 22.9 Å². The molecule has 39 heavy (non-hydrogen) atoms. The fourth-order valence-corrected chi connectivity index (χ4v) is 7.03. The molecule has 1 saturated heterocycles. The van der Waals surface area contributed by atoms with E-state index in [1.807, 2.05) is 20.8 Å². The summed E-state index contributed by atoms with van der Waals surface area (Å²) in [5, 5.41) is 13.3. The highest BCUT2D eigenvalue weighted by Crippen LogP contribution is 2.33. The predicted molar refractivity (Wildman–Crippen MR) is 152 cm³/mol. The van der Waals surface area contributed by atoms with Crippen LogP contribution in [0.25, 0.3) is 0 Å². The summed E-state index contributed by atoms with van der Waals surface area (Å²) in [6, 6.07) is 0.693. The second-order valence-electron chi connectivity index (χ2n) is 11.8. The lowest BCUT2D eigenvalue weighted by molar-refractivity contribution is -0.156. The quantitative estimate of drug-likeness (QED) is 0.229. The second kappa shape index (κ2) is 13.7. The van der Waals surface area contributed by atoms with Gasteiger partial charge in [-0.3, -0.25) is 24.4 Å². The van der Waals surface area contributed by atoms with Crippen LogP contribution in [0.15, 0.2) is 6.07 Å². The monoisotopic (exact) mass is 602 g/mol. The van der Waals surface area contributed by atoms with E-state index >= 15 is 0 Å². The van der Waals surface area contributed by atoms with Crippen LogP contribution < -0.4 is 5.32 Å². The molecule has 0 bridgehead atoms. The molecule has 0 radical (unpaired) electrons. The molecule has 1 saturated carbocycles. The molecule has 1 aromatic rings. The van der Waals surface area contributed by atoms with Crippen molar-refractivity contribution < 1.29 is 24.4 Å². The van der Waals surface area contributed by atoms with Crippen LogP contribution in [0.2, 0.25) is 8.67 Å². The molecule has 0 spiro atoms. The maximum Gasteiger partial charge on any atom is 0.256 e. The summed E-state index contributed by atoms with van der Waals surface area (Å²) in [6.07, 6.45) is 6.32. The van der Waals surface area contributed by atoms with Gasteiger partial charge < -0.3 is 15.1 Å². The van der Waals surface area contributed by atoms with Crippen molar-refractivity contribution >= 4 is 58.7 Å². The van der Waals surface area contributed by atoms with Gasteiger partial charge in [-0.25, -0.2) is 5.06 Å². The Morgan fingerprint density at radius 3 is 2.31 bits per heavy atom. The minimum absolute atomic E-state index is 0.0953. The fourth-order valence-electron chi connectivity index (χ4n) is 5.59. The molecule has 0 aromatic carbocycles. The third-order valence-corrected chi connectivity index (χ3v) is 9.41. The number of thiophene rings is 1. The number of carbonyl (C=O) groups excluding carboxylic acids is 4. The molecular weight excluding hydrogens is 563 g/mol. The molecule has 1 unspecified atom stereocenters. The summed E-state index contributed by atoms with van der Waals surface area (Å²) in [4.78, 5) is 54.5. The molecule has 2 N–H and O–H groups in total. The molecular formula is C27H40Cl2N4O5S. The van der Waals surface area contributed by atoms with Crippen molar-refractivity contribution in [3.63, 3.8) is 0 Å². The highest BCUT2D eigenvalue weighted by molar-refractivity contribution is 7.20. The van der Waals surface area contributed by atoms with Gasteiger partial charge in [-0.15, -0.1) is 11.3 Å². The molecule has 1 aliphatic heterocycles. The number of rotatable bonds is 10. The normalized spacial score (nSPS) is 18.5. The standard InChI is InChI=1S/C27H40Cl2N4O5S/c1-27(2,3)22(30-24(35)18(15-33(38)16-34)13-17-7-5-6-8-17)26(37)31(4)19-9-11-32(12-10-19)25(36)20-14-21(28)39-23(20)29/h14,16-19,22,38H,5-13,15H2,1-4H3,(H,30,35)/t18?,22-/m1/s1. The van der Waals surface area contributed by atoms with E-state index < -0.39 is 17.4 Å². The Morgan fingerprint density at radius 1 is 1.18 bits per heavy atom. The maximum absolute atomic E-state index is 13.7. The zero-order valence-electron chi connectivity index (χ0n) is 23.1. The molecule has 2 aliphatic rings. The minimum Gasteiger partial charge on any atom is -0.344 e. The Hall–Kier alpha value is -1.88. The van der Waals surface area contributed by atoms with Gasteiger partial charge in [0, 0.05) is 26.2 Å². The van der Waals surface area contributed by atoms with Gasteiger partial charge in [-0.05, 0) is 36.7 Å². The average Bonchev–Trinajstić information content (AvgIpc) is 3.53. The first kappa shape index (κ1) is 31.6. The predicted octanol–water partition coefficient (Wildman–Crippen LogP) is 4.69. The van der Waals surface area contributed by atoms with Crippen molar-refractivity contribution in [2.24, 2.45) is 17.3 Å². The zero-order valence-corrected chi connectivity index (χ0v) is 25.4. The van der Waals surface area contributed by atoms with Crippen LogP contribution in [0.1, 0.15) is 76.1 Å². The third-order valence-electron chi connectivity index (χ3n) is 7.93. The molecule has 9 nitrogen and oxygen atoms in total. The second-order valence-corrected chi connectivity index (χ2v) is 14.1. The molecule has 2 heterocycles. The van der Waals surface area contributed by atoms with E-state index in [1.165, 1.54) is 0 Å². The minimum atomic E-state index is -0.795. The van der Waals surface area contributed by atoms with Crippen LogP contribution in [-0.2, 0) is 14.4 Å². The lowest BCUT2D eigenvalue weighted by Gasteiger charge is -2.40. The van der Waals surface area contributed by atoms with E-state index in [-0.39, 0.29) is 30.3 Å². The van der Waals surface area contributed by atoms with Gasteiger partial charge >= 0.3 is 0 Å². The van der Waals surface area contributed by atoms with Crippen molar-refractivity contribution in [2.45, 2.75) is 77.8 Å². The molecule has 12 heteroatoms. The molecule has 218 valence electrons. The molecule has 3 rings (SSSR count). The van der Waals surface area contributed by atoms with Crippen LogP contribution in [0.4, 0.5) is 0 Å². The highest BCUT2D eigenvalue weighted by atomic mass is 35.5. The van der Waals surface area contributed by atoms with Gasteiger partial charge in [0.15, 0.2) is 0 Å². The van der Waals surface area contributed by atoms with Gasteiger partial charge in [0.1, 0.15) is 10.4 Å². The number of nitrogens with one attached hydrogen (secondary N) is 1. The first-order chi connectivity index (χ1) is 18.3. The van der Waals surface area contributed by atoms with E-state index in [0.29, 0.717) is 64.0 Å². The Balaban J connectivity index is 1.65. The van der Waals surface area contributed by atoms with E-state index in [0.717, 1.165) is 37.0 Å². The van der Waals surface area contributed by atoms with Gasteiger partial charge in [0.25, 0.3) is 5.91 Å². The fraction of sp³-hybridized carbons (Fsp3) is 0.704. The molecule has 2 fully saturated rings. The van der Waals surface area contributed by atoms with E-state index in [9.17, 15) is 24.4 Å². The Bertz CT molecular complexity index is 1030. The maximum atomic E-state index is 13.7. The van der Waals surface area contributed by atoms with Gasteiger partial charge in [0.05, 0.1) is 22.4 Å². The van der Waals surface area contributed by atoms with Crippen molar-refractivity contribution in [3.8, 4) is 0 Å². The Morgan fingerprint density at radius 2 is 1.79 bits per heavy atom.